The fraction of sp³-hybridized carbons (Fsp3) is 0.486. The molecule has 0 aromatic heterocycles. The lowest BCUT2D eigenvalue weighted by molar-refractivity contribution is -0.394. The average Bonchev–Trinajstić information content (AvgIpc) is 0.752. The molecule has 0 bridgehead atoms. The number of rotatable bonds is 38. The molecule has 32 heteroatoms. The molecule has 32 nitrogen and oxygen atoms in total. The van der Waals surface area contributed by atoms with E-state index in [4.69, 9.17) is 104 Å². The number of methoxy groups -OCH3 is 1. The van der Waals surface area contributed by atoms with Crippen LogP contribution in [0.25, 0.3) is 0 Å². The molecule has 16 rings (SSSR count). The summed E-state index contributed by atoms with van der Waals surface area (Å²) in [6.45, 7) is 8.57. The van der Waals surface area contributed by atoms with E-state index in [0.717, 1.165) is 11.1 Å². The second kappa shape index (κ2) is 49.6. The summed E-state index contributed by atoms with van der Waals surface area (Å²) in [5.41, 5.74) is 5.66. The van der Waals surface area contributed by atoms with E-state index in [9.17, 15) is 9.59 Å². The van der Waals surface area contributed by atoms with Gasteiger partial charge in [0.25, 0.3) is 0 Å². The number of esters is 2. The third-order valence-corrected chi connectivity index (χ3v) is 25.5. The zero-order chi connectivity index (χ0) is 94.9. The van der Waals surface area contributed by atoms with Gasteiger partial charge >= 0.3 is 11.9 Å². The lowest BCUT2D eigenvalue weighted by atomic mass is 9.92. The van der Waals surface area contributed by atoms with E-state index >= 15 is 19.2 Å². The van der Waals surface area contributed by atoms with E-state index in [1.54, 1.807) is 27.7 Å². The first-order valence-corrected chi connectivity index (χ1v) is 47.5. The Hall–Kier alpha value is -10.2. The van der Waals surface area contributed by atoms with Crippen molar-refractivity contribution in [2.24, 2.45) is 0 Å². The monoisotopic (exact) mass is 1890 g/mol. The summed E-state index contributed by atoms with van der Waals surface area (Å²) in [5, 5.41) is 13.1. The number of carbonyl (C=O) groups excluding carboxylic acids is 6. The molecule has 0 unspecified atom stereocenters. The lowest BCUT2D eigenvalue weighted by Gasteiger charge is -2.53. The molecule has 28 atom stereocenters. The minimum absolute atomic E-state index is 0.0448. The fourth-order valence-electron chi connectivity index (χ4n) is 18.3. The van der Waals surface area contributed by atoms with Gasteiger partial charge in [-0.3, -0.25) is 28.8 Å². The second-order valence-corrected chi connectivity index (χ2v) is 35.3. The smallest absolute Gasteiger partial charge is 0.305 e. The molecule has 732 valence electrons. The normalized spacial score (nSPS) is 31.8. The standard InChI is InChI=1S/C105H124N4O28/c1-64-82(106-94(112)77-51-56-118-98(131-77)73-42-24-11-25-43-73)86(122-60-69-34-16-7-17-35-69)90(102(126-64)117-55-33-15-32-50-81(111)116-6)135-104-92(88(124-62-71-38-20-9-21-39-71)84(66(3)128-104)108-96(114)79-53-58-120-100(133-79)75-46-28-13-29-47-75)137-105-93(89(125-63-72-40-22-10-23-41-72)85(67(4)129-105)109-97(115)80-54-59-121-101(134-80)76-48-30-14-31-49-76)136-103-91(130-68(5)110)87(123-61-70-36-18-8-19-37-70)83(65(2)127-103)107-95(113)78-52-57-119-99(132-78)74-44-26-12-27-45-74/h7-14,16-31,34-49,64-67,77-80,82-93,98-105H,15,32-33,50-63H2,1-6H3,(H,106,112)(H,107,113)(H,108,114)(H,109,115)/t64-,65-,66-,67-,77-,78-,79-,80-,82-,83-,84-,85-,86+,87+,88+,89+,90+,91+,92+,93+,98-,99-,100-,101-,102+,103-,104-,105-/m1/s1. The number of ether oxygens (including phenoxy) is 22. The van der Waals surface area contributed by atoms with Gasteiger partial charge in [-0.1, -0.05) is 249 Å². The Morgan fingerprint density at radius 2 is 0.555 bits per heavy atom. The van der Waals surface area contributed by atoms with Crippen LogP contribution in [0.2, 0.25) is 0 Å². The van der Waals surface area contributed by atoms with Crippen LogP contribution in [0, 0.1) is 0 Å². The number of unbranched alkanes of at least 4 members (excludes halogenated alkanes) is 2. The molecule has 0 spiro atoms. The van der Waals surface area contributed by atoms with Gasteiger partial charge in [0, 0.05) is 67.9 Å². The van der Waals surface area contributed by atoms with E-state index in [0.29, 0.717) is 52.6 Å². The molecule has 8 aromatic carbocycles. The van der Waals surface area contributed by atoms with E-state index in [2.05, 4.69) is 21.3 Å². The Balaban J connectivity index is 0.828. The number of nitrogens with one attached hydrogen (secondary N) is 4. The van der Waals surface area contributed by atoms with Crippen molar-refractivity contribution in [2.75, 3.05) is 40.1 Å². The molecule has 4 N–H and O–H groups in total. The van der Waals surface area contributed by atoms with Gasteiger partial charge in [-0.15, -0.1) is 0 Å². The lowest BCUT2D eigenvalue weighted by Crippen LogP contribution is -2.71. The van der Waals surface area contributed by atoms with Crippen LogP contribution >= 0.6 is 0 Å². The molecular weight excluding hydrogens is 1770 g/mol. The van der Waals surface area contributed by atoms with Gasteiger partial charge in [0.05, 0.1) is 109 Å². The van der Waals surface area contributed by atoms with Gasteiger partial charge < -0.3 is 125 Å². The SMILES string of the molecule is COC(=O)CCCCCO[C@H]1O[C@H](C)[C@@H](NC(=O)[C@H]2CCO[C@@H](c3ccccc3)O2)[C@H](OCc2ccccc2)[C@@H]1O[C@H]1O[C@H](C)[C@@H](NC(=O)[C@H]2CCO[C@@H](c3ccccc3)O2)[C@H](OCc2ccccc2)[C@@H]1O[C@H]1O[C@H](C)[C@@H](NC(=O)[C@H]2CCO[C@@H](c3ccccc3)O2)[C@H](OCc2ccccc2)[C@@H]1O[C@H]1O[C@H](C)[C@@H](NC(=O)[C@H]2CCO[C@@H](c3ccccc3)O2)[C@H](OCc2ccccc2)[C@@H]1OC(C)=O. The molecule has 4 amide bonds. The molecule has 0 radical (unpaired) electrons. The predicted molar refractivity (Wildman–Crippen MR) is 490 cm³/mol. The maximum absolute atomic E-state index is 15.7. The molecule has 8 fully saturated rings. The zero-order valence-corrected chi connectivity index (χ0v) is 77.7. The van der Waals surface area contributed by atoms with Crippen molar-refractivity contribution >= 4 is 35.6 Å². The molecule has 8 aliphatic heterocycles. The van der Waals surface area contributed by atoms with Crippen LogP contribution in [0.15, 0.2) is 243 Å². The summed E-state index contributed by atoms with van der Waals surface area (Å²) >= 11 is 0. The highest BCUT2D eigenvalue weighted by molar-refractivity contribution is 5.83. The minimum Gasteiger partial charge on any atom is -0.469 e. The number of benzene rings is 8. The number of amides is 4. The van der Waals surface area contributed by atoms with Gasteiger partial charge in [-0.25, -0.2) is 0 Å². The quantitative estimate of drug-likeness (QED) is 0.0206. The number of hydrogen-bond donors (Lipinski definition) is 4. The molecule has 137 heavy (non-hydrogen) atoms. The molecule has 8 aromatic rings. The molecule has 0 aliphatic carbocycles. The second-order valence-electron chi connectivity index (χ2n) is 35.3. The van der Waals surface area contributed by atoms with Crippen LogP contribution in [0.5, 0.6) is 0 Å². The highest BCUT2D eigenvalue weighted by Gasteiger charge is 2.60. The third-order valence-electron chi connectivity index (χ3n) is 25.5. The highest BCUT2D eigenvalue weighted by Crippen LogP contribution is 2.42. The van der Waals surface area contributed by atoms with Crippen LogP contribution in [0.3, 0.4) is 0 Å². The fourth-order valence-corrected chi connectivity index (χ4v) is 18.3. The van der Waals surface area contributed by atoms with Crippen molar-refractivity contribution in [1.29, 1.82) is 0 Å². The van der Waals surface area contributed by atoms with Crippen molar-refractivity contribution < 1.29 is 133 Å². The Labute approximate surface area is 797 Å². The van der Waals surface area contributed by atoms with E-state index in [1.807, 2.05) is 243 Å². The summed E-state index contributed by atoms with van der Waals surface area (Å²) in [5.74, 6) is -3.30. The van der Waals surface area contributed by atoms with Gasteiger partial charge in [0.1, 0.15) is 67.1 Å². The van der Waals surface area contributed by atoms with Crippen molar-refractivity contribution in [2.45, 2.75) is 285 Å². The van der Waals surface area contributed by atoms with Gasteiger partial charge in [0.15, 0.2) is 56.4 Å². The maximum atomic E-state index is 15.7. The summed E-state index contributed by atoms with van der Waals surface area (Å²) in [6.07, 6.45) is -28.1. The Kier molecular flexibility index (Phi) is 36.1. The first-order chi connectivity index (χ1) is 66.9. The first kappa shape index (κ1) is 99.8. The first-order valence-electron chi connectivity index (χ1n) is 47.5. The highest BCUT2D eigenvalue weighted by atomic mass is 16.8. The summed E-state index contributed by atoms with van der Waals surface area (Å²) in [7, 11) is 1.34. The van der Waals surface area contributed by atoms with Crippen LogP contribution in [-0.4, -0.2) is 223 Å². The zero-order valence-electron chi connectivity index (χ0n) is 77.7. The van der Waals surface area contributed by atoms with Crippen LogP contribution < -0.4 is 21.3 Å². The van der Waals surface area contributed by atoms with Crippen LogP contribution in [-0.2, 0) is 159 Å². The van der Waals surface area contributed by atoms with Crippen molar-refractivity contribution in [3.8, 4) is 0 Å². The summed E-state index contributed by atoms with van der Waals surface area (Å²) in [4.78, 5) is 88.8. The van der Waals surface area contributed by atoms with Gasteiger partial charge in [-0.2, -0.15) is 0 Å². The summed E-state index contributed by atoms with van der Waals surface area (Å²) < 4.78 is 151. The Morgan fingerprint density at radius 3 is 0.832 bits per heavy atom. The molecule has 8 saturated heterocycles. The Morgan fingerprint density at radius 1 is 0.299 bits per heavy atom. The molecule has 0 saturated carbocycles. The predicted octanol–water partition coefficient (Wildman–Crippen LogP) is 12.1. The topological polar surface area (TPSA) is 354 Å². The third kappa shape index (κ3) is 26.7. The van der Waals surface area contributed by atoms with Crippen molar-refractivity contribution in [3.63, 3.8) is 0 Å². The van der Waals surface area contributed by atoms with Crippen LogP contribution in [0.4, 0.5) is 0 Å². The van der Waals surface area contributed by atoms with Crippen molar-refractivity contribution in [1.82, 2.24) is 21.3 Å². The minimum atomic E-state index is -1.80. The van der Waals surface area contributed by atoms with E-state index in [1.165, 1.54) is 14.0 Å². The van der Waals surface area contributed by atoms with Gasteiger partial charge in [-0.05, 0) is 62.8 Å². The Bertz CT molecular complexity index is 5060. The van der Waals surface area contributed by atoms with Crippen molar-refractivity contribution in [3.05, 3.63) is 287 Å². The van der Waals surface area contributed by atoms with Gasteiger partial charge in [0.2, 0.25) is 23.6 Å². The largest absolute Gasteiger partial charge is 0.469 e. The van der Waals surface area contributed by atoms with Crippen LogP contribution in [0.1, 0.15) is 156 Å². The molecular formula is C105H124N4O28. The molecule has 8 aliphatic rings. The van der Waals surface area contributed by atoms with E-state index < -0.39 is 202 Å². The maximum Gasteiger partial charge on any atom is 0.305 e. The average molecular weight is 1890 g/mol. The number of hydrogen-bond acceptors (Lipinski definition) is 28. The van der Waals surface area contributed by atoms with E-state index in [-0.39, 0.29) is 97.5 Å². The number of carbonyl (C=O) groups is 6. The summed E-state index contributed by atoms with van der Waals surface area (Å²) in [6, 6.07) is 70.1. The molecule has 8 heterocycles.